The van der Waals surface area contributed by atoms with Crippen molar-refractivity contribution in [2.45, 2.75) is 0 Å². The Hall–Kier alpha value is -0.800. The summed E-state index contributed by atoms with van der Waals surface area (Å²) in [7, 11) is 0. The summed E-state index contributed by atoms with van der Waals surface area (Å²) in [4.78, 5) is 8.36. The van der Waals surface area contributed by atoms with E-state index >= 15 is 0 Å². The zero-order chi connectivity index (χ0) is 3.58. The molecule has 0 amide bonds. The highest BCUT2D eigenvalue weighted by atomic mass is 16.6. The van der Waals surface area contributed by atoms with Gasteiger partial charge in [-0.25, -0.2) is 0 Å². The van der Waals surface area contributed by atoms with Crippen LogP contribution in [-0.4, -0.2) is 10.3 Å². The zero-order valence-electron chi connectivity index (χ0n) is 1.71. The molecule has 4 heavy (non-hydrogen) atoms. The van der Waals surface area contributed by atoms with Crippen molar-refractivity contribution in [1.29, 1.82) is 0 Å². The van der Waals surface area contributed by atoms with E-state index in [4.69, 9.17) is 15.3 Å². The highest BCUT2D eigenvalue weighted by Gasteiger charge is 1.65. The molecule has 0 aliphatic heterocycles. The molecule has 0 aromatic carbocycles. The molecule has 0 saturated heterocycles. The van der Waals surface area contributed by atoms with Gasteiger partial charge >= 0.3 is 0 Å². The first-order valence-corrected chi connectivity index (χ1v) is 0.565. The van der Waals surface area contributed by atoms with E-state index in [1.807, 2.05) is 0 Å². The Morgan fingerprint density at radius 3 is 2.00 bits per heavy atom. The largest absolute Gasteiger partial charge is 0.328 e. The van der Waals surface area contributed by atoms with Crippen LogP contribution in [0.1, 0.15) is 0 Å². The minimum absolute atomic E-state index is 1.50. The minimum Gasteiger partial charge on any atom is -0.328 e. The Morgan fingerprint density at radius 1 is 2.00 bits per heavy atom. The SMILES string of the molecule is O=[12N+]([O-])O. The predicted octanol–water partition coefficient (Wildman–Crippen LogP) is -0.348. The van der Waals surface area contributed by atoms with E-state index in [-0.39, 0.29) is 0 Å². The molecule has 0 spiro atoms. The molecule has 4 heteroatoms. The Balaban J connectivity index is 2.80. The molecule has 0 radical (unpaired) electrons. The second-order valence-electron chi connectivity index (χ2n) is 0.238. The van der Waals surface area contributed by atoms with Crippen molar-refractivity contribution in [3.63, 3.8) is 0 Å². The van der Waals surface area contributed by atoms with Crippen molar-refractivity contribution in [3.8, 4) is 0 Å². The smallest absolute Gasteiger partial charge is 0.291 e. The van der Waals surface area contributed by atoms with Gasteiger partial charge in [-0.15, -0.1) is 10.1 Å². The molecule has 24 valence electrons. The number of hydrogen-bond acceptors (Lipinski definition) is 2. The summed E-state index contributed by atoms with van der Waals surface area (Å²) >= 11 is 0. The van der Waals surface area contributed by atoms with Gasteiger partial charge in [0.2, 0.25) is 0 Å². The van der Waals surface area contributed by atoms with Gasteiger partial charge in [0.15, 0.2) is 0 Å². The monoisotopic (exact) mass is 61.0 g/mol. The maximum Gasteiger partial charge on any atom is 0.291 e. The van der Waals surface area contributed by atoms with Gasteiger partial charge in [-0.1, -0.05) is 0 Å². The van der Waals surface area contributed by atoms with E-state index in [9.17, 15) is 0 Å². The fraction of sp³-hybridized carbons (Fsp3) is 0. The first-order valence-electron chi connectivity index (χ1n) is 0.565. The Morgan fingerprint density at radius 2 is 2.00 bits per heavy atom. The molecule has 0 aromatic rings. The number of rotatable bonds is 0. The highest BCUT2D eigenvalue weighted by molar-refractivity contribution is 3.83. The lowest BCUT2D eigenvalue weighted by Gasteiger charge is -1.56. The average Bonchev–Trinajstić information content (AvgIpc) is 0.811. The second-order valence-corrected chi connectivity index (χ2v) is 0.238. The van der Waals surface area contributed by atoms with Crippen LogP contribution in [0.25, 0.3) is 0 Å². The van der Waals surface area contributed by atoms with Gasteiger partial charge < -0.3 is 5.21 Å². The van der Waals surface area contributed by atoms with Crippen molar-refractivity contribution < 1.29 is 10.3 Å². The number of hydrogen-bond donors (Lipinski definition) is 1. The third-order valence-corrected chi connectivity index (χ3v) is 0. The van der Waals surface area contributed by atoms with E-state index in [0.717, 1.165) is 0 Å². The molecular formula is HNO3. The molecule has 0 heterocycles. The summed E-state index contributed by atoms with van der Waals surface area (Å²) in [5.41, 5.74) is 0. The van der Waals surface area contributed by atoms with Gasteiger partial charge in [-0.05, 0) is 0 Å². The van der Waals surface area contributed by atoms with Crippen LogP contribution in [0.15, 0.2) is 0 Å². The van der Waals surface area contributed by atoms with E-state index in [0.29, 0.717) is 0 Å². The third kappa shape index (κ3) is 0.0750. The summed E-state index contributed by atoms with van der Waals surface area (Å²) in [6, 6.07) is 0. The maximum absolute atomic E-state index is 8.36. The molecule has 0 saturated carbocycles. The van der Waals surface area contributed by atoms with Gasteiger partial charge in [0.1, 0.15) is 0 Å². The lowest BCUT2D eigenvalue weighted by molar-refractivity contribution is -0.742. The first-order chi connectivity index (χ1) is 1.73. The van der Waals surface area contributed by atoms with Gasteiger partial charge in [-0.3, -0.25) is 0 Å². The molecule has 1 N–H and O–H groups in total. The quantitative estimate of drug-likeness (QED) is 0.307. The fourth-order valence-electron chi connectivity index (χ4n) is 0. The van der Waals surface area contributed by atoms with Crippen molar-refractivity contribution in [1.82, 2.24) is 0 Å². The Labute approximate surface area is 21.8 Å². The van der Waals surface area contributed by atoms with Crippen LogP contribution in [0.4, 0.5) is 0 Å². The molecule has 4 nitrogen and oxygen atoms in total. The normalized spacial score (nSPS) is 6.00. The lowest BCUT2D eigenvalue weighted by atomic mass is 11.5. The van der Waals surface area contributed by atoms with Crippen LogP contribution in [0.2, 0.25) is 0 Å². The molecule has 0 atom stereocenters. The van der Waals surface area contributed by atoms with Crippen molar-refractivity contribution in [2.75, 3.05) is 0 Å². The van der Waals surface area contributed by atoms with Crippen molar-refractivity contribution >= 4 is 0 Å². The van der Waals surface area contributed by atoms with E-state index in [1.165, 1.54) is 0 Å². The molecule has 0 unspecified atom stereocenters. The minimum atomic E-state index is -1.50. The molecule has 0 aromatic heterocycles. The molecule has 0 bridgehead atoms. The summed E-state index contributed by atoms with van der Waals surface area (Å²) in [6.45, 7) is 0. The third-order valence-electron chi connectivity index (χ3n) is 0. The second kappa shape index (κ2) is 0.655. The first kappa shape index (κ1) is 3.20. The van der Waals surface area contributed by atoms with Crippen LogP contribution in [0, 0.1) is 10.1 Å². The molecule has 0 rings (SSSR count). The fourth-order valence-corrected chi connectivity index (χ4v) is 0. The van der Waals surface area contributed by atoms with E-state index in [2.05, 4.69) is 0 Å². The van der Waals surface area contributed by atoms with Gasteiger partial charge in [0.25, 0.3) is 5.09 Å². The van der Waals surface area contributed by atoms with Gasteiger partial charge in [0.05, 0.1) is 0 Å². The molecule has 0 fully saturated rings. The Bertz CT molecular complexity index is 26.3. The summed E-state index contributed by atoms with van der Waals surface area (Å²) in [5.74, 6) is 0. The Kier molecular flexibility index (Phi) is 0.524. The van der Waals surface area contributed by atoms with Crippen LogP contribution in [-0.2, 0) is 0 Å². The van der Waals surface area contributed by atoms with Crippen LogP contribution >= 0.6 is 0 Å². The van der Waals surface area contributed by atoms with Crippen LogP contribution < -0.4 is 0 Å². The van der Waals surface area contributed by atoms with Crippen molar-refractivity contribution in [2.24, 2.45) is 0 Å². The molecule has 0 aliphatic carbocycles. The number of nitrogens with zero attached hydrogens (tertiary/aromatic N) is 1. The van der Waals surface area contributed by atoms with Crippen molar-refractivity contribution in [3.05, 3.63) is 10.1 Å². The maximum atomic E-state index is 8.36. The van der Waals surface area contributed by atoms with Gasteiger partial charge in [-0.2, -0.15) is 0 Å². The summed E-state index contributed by atoms with van der Waals surface area (Å²) in [6.07, 6.45) is 0. The summed E-state index contributed by atoms with van der Waals surface area (Å²) in [5, 5.41) is 13.6. The lowest BCUT2D eigenvalue weighted by Crippen LogP contribution is -1.81. The summed E-state index contributed by atoms with van der Waals surface area (Å²) < 4.78 is 0. The standard InChI is InChI=1S/HNO3/c2-1(3)4/h(H,2,3,4)/i1-2. The average molecular weight is 61.0 g/mol. The van der Waals surface area contributed by atoms with E-state index in [1.54, 1.807) is 0 Å². The molecule has 0 aliphatic rings. The molecular weight excluding hydrogens is 60.0 g/mol. The topological polar surface area (TPSA) is 63.4 Å². The predicted molar refractivity (Wildman–Crippen MR) is 8.78 cm³/mol. The van der Waals surface area contributed by atoms with Gasteiger partial charge in [0, 0.05) is 0 Å². The van der Waals surface area contributed by atoms with E-state index < -0.39 is 5.09 Å². The highest BCUT2D eigenvalue weighted by Crippen LogP contribution is 1.38. The van der Waals surface area contributed by atoms with Crippen LogP contribution in [0.5, 0.6) is 0 Å². The van der Waals surface area contributed by atoms with Crippen LogP contribution in [0.3, 0.4) is 0 Å². The zero-order valence-corrected chi connectivity index (χ0v) is 1.71.